The Hall–Kier alpha value is -2.66. The Bertz CT molecular complexity index is 897. The summed E-state index contributed by atoms with van der Waals surface area (Å²) in [7, 11) is 0. The summed E-state index contributed by atoms with van der Waals surface area (Å²) in [5.41, 5.74) is 0.537. The molecule has 11 heteroatoms. The van der Waals surface area contributed by atoms with E-state index in [1.165, 1.54) is 35.6 Å². The molecule has 2 saturated heterocycles. The van der Waals surface area contributed by atoms with Gasteiger partial charge in [0, 0.05) is 62.5 Å². The molecule has 0 spiro atoms. The molecule has 0 radical (unpaired) electrons. The maximum Gasteiger partial charge on any atom is 0.573 e. The van der Waals surface area contributed by atoms with Gasteiger partial charge in [-0.25, -0.2) is 4.98 Å². The van der Waals surface area contributed by atoms with E-state index in [2.05, 4.69) is 14.6 Å². The van der Waals surface area contributed by atoms with E-state index in [1.807, 2.05) is 0 Å². The zero-order chi connectivity index (χ0) is 21.3. The van der Waals surface area contributed by atoms with Crippen molar-refractivity contribution in [2.45, 2.75) is 18.8 Å². The number of rotatable bonds is 4. The molecule has 0 bridgehead atoms. The molecular formula is C19H19F3N4O3S. The lowest BCUT2D eigenvalue weighted by Gasteiger charge is -2.37. The summed E-state index contributed by atoms with van der Waals surface area (Å²) in [5.74, 6) is -0.476. The topological polar surface area (TPSA) is 66.0 Å². The Labute approximate surface area is 174 Å². The summed E-state index contributed by atoms with van der Waals surface area (Å²) in [6, 6.07) is 5.30. The number of hydrogen-bond acceptors (Lipinski definition) is 6. The third kappa shape index (κ3) is 4.57. The molecule has 2 aromatic rings. The Morgan fingerprint density at radius 2 is 1.83 bits per heavy atom. The zero-order valence-corrected chi connectivity index (χ0v) is 16.7. The van der Waals surface area contributed by atoms with Crippen molar-refractivity contribution < 1.29 is 27.5 Å². The normalized spacial score (nSPS) is 20.6. The van der Waals surface area contributed by atoms with E-state index in [9.17, 15) is 22.8 Å². The molecule has 160 valence electrons. The standard InChI is InChI=1S/C19H19F3N4O3S/c20-19(21,22)29-15-3-1-13(2-4-15)26-12-14(11-16(26)27)24-6-8-25(9-7-24)18(28)17-23-5-10-30-17/h1-5,10,14H,6-9,11-12H2. The molecule has 0 N–H and O–H groups in total. The average Bonchev–Trinajstić information content (AvgIpc) is 3.37. The molecular weight excluding hydrogens is 421 g/mol. The minimum atomic E-state index is -4.75. The van der Waals surface area contributed by atoms with Gasteiger partial charge in [-0.2, -0.15) is 0 Å². The smallest absolute Gasteiger partial charge is 0.406 e. The highest BCUT2D eigenvalue weighted by Crippen LogP contribution is 2.29. The van der Waals surface area contributed by atoms with E-state index >= 15 is 0 Å². The third-order valence-corrected chi connectivity index (χ3v) is 5.98. The molecule has 4 rings (SSSR count). The summed E-state index contributed by atoms with van der Waals surface area (Å²) in [5, 5.41) is 2.24. The first kappa shape index (κ1) is 20.6. The number of halogens is 3. The van der Waals surface area contributed by atoms with Gasteiger partial charge < -0.3 is 14.5 Å². The Balaban J connectivity index is 1.33. The van der Waals surface area contributed by atoms with Gasteiger partial charge in [-0.15, -0.1) is 24.5 Å². The van der Waals surface area contributed by atoms with Gasteiger partial charge in [-0.1, -0.05) is 0 Å². The van der Waals surface area contributed by atoms with E-state index in [4.69, 9.17) is 0 Å². The molecule has 30 heavy (non-hydrogen) atoms. The van der Waals surface area contributed by atoms with Crippen LogP contribution in [0.2, 0.25) is 0 Å². The molecule has 1 aromatic carbocycles. The van der Waals surface area contributed by atoms with Gasteiger partial charge in [-0.05, 0) is 24.3 Å². The highest BCUT2D eigenvalue weighted by atomic mass is 32.1. The maximum absolute atomic E-state index is 12.5. The minimum Gasteiger partial charge on any atom is -0.406 e. The van der Waals surface area contributed by atoms with Gasteiger partial charge in [0.15, 0.2) is 5.01 Å². The Kier molecular flexibility index (Phi) is 5.65. The SMILES string of the molecule is O=C(c1nccs1)N1CCN(C2CC(=O)N(c3ccc(OC(F)(F)F)cc3)C2)CC1. The van der Waals surface area contributed by atoms with Crippen LogP contribution in [0.25, 0.3) is 0 Å². The number of hydrogen-bond donors (Lipinski definition) is 0. The fraction of sp³-hybridized carbons (Fsp3) is 0.421. The first-order chi connectivity index (χ1) is 14.3. The van der Waals surface area contributed by atoms with Crippen LogP contribution in [-0.4, -0.2) is 71.7 Å². The van der Waals surface area contributed by atoms with Crippen LogP contribution >= 0.6 is 11.3 Å². The van der Waals surface area contributed by atoms with Gasteiger partial charge in [0.25, 0.3) is 5.91 Å². The molecule has 0 aliphatic carbocycles. The Morgan fingerprint density at radius 3 is 2.43 bits per heavy atom. The second-order valence-electron chi connectivity index (χ2n) is 7.07. The van der Waals surface area contributed by atoms with E-state index in [0.29, 0.717) is 49.8 Å². The molecule has 1 unspecified atom stereocenters. The second kappa shape index (κ2) is 8.23. The quantitative estimate of drug-likeness (QED) is 0.731. The van der Waals surface area contributed by atoms with Crippen molar-refractivity contribution >= 4 is 28.8 Å². The molecule has 1 aromatic heterocycles. The van der Waals surface area contributed by atoms with E-state index in [1.54, 1.807) is 21.4 Å². The van der Waals surface area contributed by atoms with Gasteiger partial charge in [0.2, 0.25) is 5.91 Å². The number of piperazine rings is 1. The predicted octanol–water partition coefficient (Wildman–Crippen LogP) is 2.61. The fourth-order valence-corrected chi connectivity index (χ4v) is 4.37. The van der Waals surface area contributed by atoms with Gasteiger partial charge >= 0.3 is 6.36 Å². The monoisotopic (exact) mass is 440 g/mol. The summed E-state index contributed by atoms with van der Waals surface area (Å²) in [6.45, 7) is 2.89. The fourth-order valence-electron chi connectivity index (χ4n) is 3.77. The van der Waals surface area contributed by atoms with E-state index < -0.39 is 6.36 Å². The van der Waals surface area contributed by atoms with Crippen LogP contribution in [0.1, 0.15) is 16.2 Å². The van der Waals surface area contributed by atoms with Crippen molar-refractivity contribution in [3.8, 4) is 5.75 Å². The van der Waals surface area contributed by atoms with Gasteiger partial charge in [0.1, 0.15) is 5.75 Å². The van der Waals surface area contributed by atoms with Crippen LogP contribution in [0.4, 0.5) is 18.9 Å². The molecule has 0 saturated carbocycles. The summed E-state index contributed by atoms with van der Waals surface area (Å²) < 4.78 is 40.8. The van der Waals surface area contributed by atoms with Gasteiger partial charge in [0.05, 0.1) is 0 Å². The summed E-state index contributed by atoms with van der Waals surface area (Å²) >= 11 is 1.31. The van der Waals surface area contributed by atoms with Crippen LogP contribution < -0.4 is 9.64 Å². The summed E-state index contributed by atoms with van der Waals surface area (Å²) in [4.78, 5) is 34.5. The van der Waals surface area contributed by atoms with Crippen molar-refractivity contribution in [3.05, 3.63) is 40.8 Å². The number of anilines is 1. The largest absolute Gasteiger partial charge is 0.573 e. The minimum absolute atomic E-state index is 0.000663. The number of carbonyl (C=O) groups excluding carboxylic acids is 2. The molecule has 1 atom stereocenters. The highest BCUT2D eigenvalue weighted by molar-refractivity contribution is 7.11. The van der Waals surface area contributed by atoms with Crippen LogP contribution in [0.3, 0.4) is 0 Å². The first-order valence-electron chi connectivity index (χ1n) is 9.39. The number of ether oxygens (including phenoxy) is 1. The number of benzene rings is 1. The van der Waals surface area contributed by atoms with Crippen LogP contribution in [0, 0.1) is 0 Å². The molecule has 2 aliphatic heterocycles. The molecule has 7 nitrogen and oxygen atoms in total. The first-order valence-corrected chi connectivity index (χ1v) is 10.3. The summed E-state index contributed by atoms with van der Waals surface area (Å²) in [6.07, 6.45) is -2.81. The van der Waals surface area contributed by atoms with Crippen molar-refractivity contribution in [2.24, 2.45) is 0 Å². The number of carbonyl (C=O) groups is 2. The lowest BCUT2D eigenvalue weighted by atomic mass is 10.2. The number of nitrogens with zero attached hydrogens (tertiary/aromatic N) is 4. The van der Waals surface area contributed by atoms with Crippen molar-refractivity contribution in [1.29, 1.82) is 0 Å². The second-order valence-corrected chi connectivity index (χ2v) is 7.96. The average molecular weight is 440 g/mol. The third-order valence-electron chi connectivity index (χ3n) is 5.22. The highest BCUT2D eigenvalue weighted by Gasteiger charge is 2.36. The van der Waals surface area contributed by atoms with Crippen LogP contribution in [0.15, 0.2) is 35.8 Å². The lowest BCUT2D eigenvalue weighted by molar-refractivity contribution is -0.274. The molecule has 2 aliphatic rings. The molecule has 3 heterocycles. The predicted molar refractivity (Wildman–Crippen MR) is 103 cm³/mol. The zero-order valence-electron chi connectivity index (χ0n) is 15.8. The Morgan fingerprint density at radius 1 is 1.13 bits per heavy atom. The number of aromatic nitrogens is 1. The molecule has 2 amide bonds. The number of alkyl halides is 3. The maximum atomic E-state index is 12.5. The van der Waals surface area contributed by atoms with E-state index in [-0.39, 0.29) is 23.6 Å². The van der Waals surface area contributed by atoms with Crippen LogP contribution in [-0.2, 0) is 4.79 Å². The molecule has 2 fully saturated rings. The van der Waals surface area contributed by atoms with Gasteiger partial charge in [-0.3, -0.25) is 14.5 Å². The van der Waals surface area contributed by atoms with E-state index in [0.717, 1.165) is 0 Å². The van der Waals surface area contributed by atoms with Crippen molar-refractivity contribution in [2.75, 3.05) is 37.6 Å². The van der Waals surface area contributed by atoms with Crippen molar-refractivity contribution in [1.82, 2.24) is 14.8 Å². The van der Waals surface area contributed by atoms with Crippen LogP contribution in [0.5, 0.6) is 5.75 Å². The lowest BCUT2D eigenvalue weighted by Crippen LogP contribution is -2.52. The number of amides is 2. The van der Waals surface area contributed by atoms with Crippen molar-refractivity contribution in [3.63, 3.8) is 0 Å². The number of thiazole rings is 1.